The molecule has 0 bridgehead atoms. The normalized spacial score (nSPS) is 23.4. The summed E-state index contributed by atoms with van der Waals surface area (Å²) in [4.78, 5) is 2.51. The van der Waals surface area contributed by atoms with Gasteiger partial charge in [-0.1, -0.05) is 6.92 Å². The fourth-order valence-corrected chi connectivity index (χ4v) is 2.96. The second-order valence-corrected chi connectivity index (χ2v) is 5.11. The van der Waals surface area contributed by atoms with Crippen molar-refractivity contribution in [2.45, 2.75) is 13.0 Å². The Balaban J connectivity index is 2.41. The van der Waals surface area contributed by atoms with Gasteiger partial charge >= 0.3 is 0 Å². The largest absolute Gasteiger partial charge is 0.384 e. The van der Waals surface area contributed by atoms with Crippen molar-refractivity contribution in [3.63, 3.8) is 0 Å². The Hall–Kier alpha value is 0.230. The van der Waals surface area contributed by atoms with Crippen molar-refractivity contribution in [1.29, 1.82) is 0 Å². The zero-order valence-electron chi connectivity index (χ0n) is 9.24. The number of hydrogen-bond donors (Lipinski definition) is 1. The van der Waals surface area contributed by atoms with Gasteiger partial charge in [0.05, 0.1) is 6.61 Å². The molecule has 1 aliphatic rings. The summed E-state index contributed by atoms with van der Waals surface area (Å²) in [6.45, 7) is 6.14. The van der Waals surface area contributed by atoms with Crippen LogP contribution in [0.2, 0.25) is 0 Å². The van der Waals surface area contributed by atoms with Crippen LogP contribution in [-0.4, -0.2) is 55.8 Å². The predicted octanol–water partition coefficient (Wildman–Crippen LogP) is 0.645. The van der Waals surface area contributed by atoms with E-state index >= 15 is 0 Å². The van der Waals surface area contributed by atoms with Gasteiger partial charge in [0.25, 0.3) is 0 Å². The molecule has 1 aliphatic heterocycles. The first kappa shape index (κ1) is 12.3. The maximum Gasteiger partial charge on any atom is 0.0503 e. The molecule has 0 saturated carbocycles. The lowest BCUT2D eigenvalue weighted by atomic mass is 10.0. The highest BCUT2D eigenvalue weighted by Gasteiger charge is 2.24. The fraction of sp³-hybridized carbons (Fsp3) is 1.00. The molecule has 14 heavy (non-hydrogen) atoms. The monoisotopic (exact) mass is 218 g/mol. The second-order valence-electron chi connectivity index (χ2n) is 3.88. The zero-order chi connectivity index (χ0) is 10.4. The molecule has 0 aromatic heterocycles. The summed E-state index contributed by atoms with van der Waals surface area (Å²) in [5.74, 6) is 3.03. The minimum Gasteiger partial charge on any atom is -0.384 e. The molecule has 1 rings (SSSR count). The van der Waals surface area contributed by atoms with Gasteiger partial charge in [-0.3, -0.25) is 4.90 Å². The number of nitrogens with two attached hydrogens (primary N) is 1. The standard InChI is InChI=1S/C10H22N2OS/c1-9(8-13-2)10(7-11)12-3-5-14-6-4-12/h9-10H,3-8,11H2,1-2H3. The molecule has 2 atom stereocenters. The molecule has 0 aliphatic carbocycles. The summed E-state index contributed by atoms with van der Waals surface area (Å²) in [6.07, 6.45) is 0. The molecular weight excluding hydrogens is 196 g/mol. The molecule has 3 nitrogen and oxygen atoms in total. The van der Waals surface area contributed by atoms with E-state index in [1.807, 2.05) is 11.8 Å². The first-order chi connectivity index (χ1) is 6.79. The van der Waals surface area contributed by atoms with Gasteiger partial charge in [0, 0.05) is 44.3 Å². The van der Waals surface area contributed by atoms with Gasteiger partial charge in [0.2, 0.25) is 0 Å². The van der Waals surface area contributed by atoms with Crippen LogP contribution in [0.15, 0.2) is 0 Å². The van der Waals surface area contributed by atoms with E-state index in [0.29, 0.717) is 12.0 Å². The molecule has 0 aromatic rings. The smallest absolute Gasteiger partial charge is 0.0503 e. The molecule has 1 fully saturated rings. The van der Waals surface area contributed by atoms with Gasteiger partial charge < -0.3 is 10.5 Å². The highest BCUT2D eigenvalue weighted by molar-refractivity contribution is 7.99. The predicted molar refractivity (Wildman–Crippen MR) is 62.8 cm³/mol. The molecule has 1 saturated heterocycles. The molecule has 0 aromatic carbocycles. The third kappa shape index (κ3) is 3.42. The lowest BCUT2D eigenvalue weighted by molar-refractivity contribution is 0.0906. The van der Waals surface area contributed by atoms with Crippen LogP contribution in [0.4, 0.5) is 0 Å². The third-order valence-electron chi connectivity index (χ3n) is 2.84. The molecule has 1 heterocycles. The van der Waals surface area contributed by atoms with Crippen molar-refractivity contribution in [2.75, 3.05) is 44.9 Å². The van der Waals surface area contributed by atoms with Crippen LogP contribution < -0.4 is 5.73 Å². The van der Waals surface area contributed by atoms with Gasteiger partial charge in [0.1, 0.15) is 0 Å². The van der Waals surface area contributed by atoms with Gasteiger partial charge in [0.15, 0.2) is 0 Å². The Kier molecular flexibility index (Phi) is 5.86. The van der Waals surface area contributed by atoms with Crippen LogP contribution in [0.1, 0.15) is 6.92 Å². The highest BCUT2D eigenvalue weighted by Crippen LogP contribution is 2.16. The second kappa shape index (κ2) is 6.67. The number of hydrogen-bond acceptors (Lipinski definition) is 4. The van der Waals surface area contributed by atoms with Crippen molar-refractivity contribution in [3.8, 4) is 0 Å². The van der Waals surface area contributed by atoms with E-state index in [4.69, 9.17) is 10.5 Å². The molecule has 2 unspecified atom stereocenters. The van der Waals surface area contributed by atoms with E-state index in [2.05, 4.69) is 11.8 Å². The molecule has 0 spiro atoms. The Bertz CT molecular complexity index is 151. The van der Waals surface area contributed by atoms with Crippen LogP contribution in [0.5, 0.6) is 0 Å². The summed E-state index contributed by atoms with van der Waals surface area (Å²) >= 11 is 2.04. The minimum absolute atomic E-state index is 0.496. The zero-order valence-corrected chi connectivity index (χ0v) is 10.1. The summed E-state index contributed by atoms with van der Waals surface area (Å²) in [7, 11) is 1.76. The molecule has 84 valence electrons. The quantitative estimate of drug-likeness (QED) is 0.735. The first-order valence-corrected chi connectivity index (χ1v) is 6.46. The van der Waals surface area contributed by atoms with Crippen LogP contribution in [0.3, 0.4) is 0 Å². The SMILES string of the molecule is COCC(C)C(CN)N1CCSCC1. The van der Waals surface area contributed by atoms with Crippen molar-refractivity contribution in [2.24, 2.45) is 11.7 Å². The van der Waals surface area contributed by atoms with E-state index in [1.165, 1.54) is 24.6 Å². The highest BCUT2D eigenvalue weighted by atomic mass is 32.2. The fourth-order valence-electron chi connectivity index (χ4n) is 2.02. The molecule has 0 radical (unpaired) electrons. The number of methoxy groups -OCH3 is 1. The van der Waals surface area contributed by atoms with Crippen molar-refractivity contribution >= 4 is 11.8 Å². The van der Waals surface area contributed by atoms with Crippen molar-refractivity contribution in [3.05, 3.63) is 0 Å². The first-order valence-electron chi connectivity index (χ1n) is 5.30. The Labute approximate surface area is 91.4 Å². The number of nitrogens with zero attached hydrogens (tertiary/aromatic N) is 1. The minimum atomic E-state index is 0.496. The Morgan fingerprint density at radius 1 is 1.43 bits per heavy atom. The van der Waals surface area contributed by atoms with Crippen LogP contribution in [-0.2, 0) is 4.74 Å². The number of ether oxygens (including phenoxy) is 1. The van der Waals surface area contributed by atoms with E-state index in [1.54, 1.807) is 7.11 Å². The van der Waals surface area contributed by atoms with Crippen LogP contribution >= 0.6 is 11.8 Å². The lowest BCUT2D eigenvalue weighted by Gasteiger charge is -2.36. The van der Waals surface area contributed by atoms with Crippen LogP contribution in [0.25, 0.3) is 0 Å². The number of rotatable bonds is 5. The van der Waals surface area contributed by atoms with E-state index in [9.17, 15) is 0 Å². The summed E-state index contributed by atoms with van der Waals surface area (Å²) in [5.41, 5.74) is 5.83. The maximum absolute atomic E-state index is 5.83. The Morgan fingerprint density at radius 3 is 2.57 bits per heavy atom. The van der Waals surface area contributed by atoms with E-state index in [0.717, 1.165) is 13.2 Å². The van der Waals surface area contributed by atoms with Crippen molar-refractivity contribution in [1.82, 2.24) is 4.90 Å². The molecule has 2 N–H and O–H groups in total. The third-order valence-corrected chi connectivity index (χ3v) is 3.79. The lowest BCUT2D eigenvalue weighted by Crippen LogP contribution is -2.49. The van der Waals surface area contributed by atoms with Gasteiger partial charge in [-0.2, -0.15) is 11.8 Å². The van der Waals surface area contributed by atoms with Crippen LogP contribution in [0, 0.1) is 5.92 Å². The summed E-state index contributed by atoms with van der Waals surface area (Å²) < 4.78 is 5.19. The average molecular weight is 218 g/mol. The van der Waals surface area contributed by atoms with Gasteiger partial charge in [-0.05, 0) is 5.92 Å². The van der Waals surface area contributed by atoms with Crippen molar-refractivity contribution < 1.29 is 4.74 Å². The Morgan fingerprint density at radius 2 is 2.07 bits per heavy atom. The van der Waals surface area contributed by atoms with Gasteiger partial charge in [-0.15, -0.1) is 0 Å². The summed E-state index contributed by atoms with van der Waals surface area (Å²) in [6, 6.07) is 0.496. The van der Waals surface area contributed by atoms with Gasteiger partial charge in [-0.25, -0.2) is 0 Å². The van der Waals surface area contributed by atoms with E-state index < -0.39 is 0 Å². The topological polar surface area (TPSA) is 38.5 Å². The number of thioether (sulfide) groups is 1. The maximum atomic E-state index is 5.83. The molecular formula is C10H22N2OS. The summed E-state index contributed by atoms with van der Waals surface area (Å²) in [5, 5.41) is 0. The average Bonchev–Trinajstić information content (AvgIpc) is 2.21. The molecule has 4 heteroatoms. The molecule has 0 amide bonds. The van der Waals surface area contributed by atoms with E-state index in [-0.39, 0.29) is 0 Å².